The molecule has 3 N–H and O–H groups in total. The summed E-state index contributed by atoms with van der Waals surface area (Å²) in [6, 6.07) is 0. The minimum absolute atomic E-state index is 0.00119. The molecule has 0 spiro atoms. The lowest BCUT2D eigenvalue weighted by Crippen LogP contribution is -2.52. The zero-order valence-electron chi connectivity index (χ0n) is 12.7. The Kier molecular flexibility index (Phi) is 4.06. The molecule has 1 saturated heterocycles. The summed E-state index contributed by atoms with van der Waals surface area (Å²) in [4.78, 5) is 19.7. The Morgan fingerprint density at radius 2 is 2.05 bits per heavy atom. The fourth-order valence-corrected chi connectivity index (χ4v) is 4.10. The Hall–Kier alpha value is -1.30. The zero-order chi connectivity index (χ0) is 14.9. The minimum atomic E-state index is -0.0465. The van der Waals surface area contributed by atoms with Gasteiger partial charge in [-0.15, -0.1) is 0 Å². The van der Waals surface area contributed by atoms with Gasteiger partial charge in [0.1, 0.15) is 10.7 Å². The zero-order valence-corrected chi connectivity index (χ0v) is 13.5. The van der Waals surface area contributed by atoms with E-state index in [9.17, 15) is 4.79 Å². The first kappa shape index (κ1) is 14.6. The monoisotopic (exact) mass is 308 g/mol. The second kappa shape index (κ2) is 5.83. The summed E-state index contributed by atoms with van der Waals surface area (Å²) in [6.07, 6.45) is 8.01. The fourth-order valence-electron chi connectivity index (χ4n) is 3.17. The summed E-state index contributed by atoms with van der Waals surface area (Å²) in [5.74, 6) is 0.332. The molecule has 1 amide bonds. The molecular formula is C15H24N4OS. The second-order valence-corrected chi connectivity index (χ2v) is 7.18. The SMILES string of the molecule is CCC1(NC(=O)c2sc(N3CCCCC3)nc2N)CCC1. The first-order valence-corrected chi connectivity index (χ1v) is 8.79. The van der Waals surface area contributed by atoms with Crippen molar-refractivity contribution in [2.45, 2.75) is 57.4 Å². The number of thiazole rings is 1. The van der Waals surface area contributed by atoms with Gasteiger partial charge in [-0.25, -0.2) is 4.98 Å². The summed E-state index contributed by atoms with van der Waals surface area (Å²) in [7, 11) is 0. The van der Waals surface area contributed by atoms with Crippen molar-refractivity contribution < 1.29 is 4.79 Å². The quantitative estimate of drug-likeness (QED) is 0.897. The van der Waals surface area contributed by atoms with Crippen LogP contribution in [0.15, 0.2) is 0 Å². The number of carbonyl (C=O) groups is 1. The number of rotatable bonds is 4. The summed E-state index contributed by atoms with van der Waals surface area (Å²) >= 11 is 1.44. The van der Waals surface area contributed by atoms with E-state index in [4.69, 9.17) is 5.73 Å². The van der Waals surface area contributed by atoms with Crippen LogP contribution in [0.5, 0.6) is 0 Å². The third kappa shape index (κ3) is 2.86. The molecule has 3 rings (SSSR count). The average Bonchev–Trinajstić information content (AvgIpc) is 2.86. The number of piperidine rings is 1. The van der Waals surface area contributed by atoms with Gasteiger partial charge in [-0.2, -0.15) is 0 Å². The fraction of sp³-hybridized carbons (Fsp3) is 0.733. The molecule has 0 bridgehead atoms. The molecule has 0 atom stereocenters. The lowest BCUT2D eigenvalue weighted by molar-refractivity contribution is 0.0825. The predicted molar refractivity (Wildman–Crippen MR) is 86.9 cm³/mol. The average molecular weight is 308 g/mol. The maximum absolute atomic E-state index is 12.5. The van der Waals surface area contributed by atoms with E-state index in [1.165, 1.54) is 37.0 Å². The third-order valence-corrected chi connectivity index (χ3v) is 5.97. The van der Waals surface area contributed by atoms with E-state index in [1.807, 2.05) is 0 Å². The van der Waals surface area contributed by atoms with Gasteiger partial charge < -0.3 is 16.0 Å². The van der Waals surface area contributed by atoms with Crippen LogP contribution in [0.4, 0.5) is 10.9 Å². The predicted octanol–water partition coefficient (Wildman–Crippen LogP) is 2.78. The van der Waals surface area contributed by atoms with Crippen molar-refractivity contribution in [3.63, 3.8) is 0 Å². The highest BCUT2D eigenvalue weighted by Gasteiger charge is 2.37. The first-order valence-electron chi connectivity index (χ1n) is 7.97. The van der Waals surface area contributed by atoms with Crippen LogP contribution < -0.4 is 16.0 Å². The van der Waals surface area contributed by atoms with E-state index >= 15 is 0 Å². The largest absolute Gasteiger partial charge is 0.382 e. The number of hydrogen-bond acceptors (Lipinski definition) is 5. The lowest BCUT2D eigenvalue weighted by atomic mass is 9.75. The highest BCUT2D eigenvalue weighted by atomic mass is 32.1. The van der Waals surface area contributed by atoms with Crippen LogP contribution in [0.3, 0.4) is 0 Å². The lowest BCUT2D eigenvalue weighted by Gasteiger charge is -2.41. The highest BCUT2D eigenvalue weighted by Crippen LogP contribution is 2.36. The first-order chi connectivity index (χ1) is 10.1. The van der Waals surface area contributed by atoms with E-state index in [0.29, 0.717) is 10.7 Å². The Balaban J connectivity index is 1.72. The maximum atomic E-state index is 12.5. The number of nitrogens with one attached hydrogen (secondary N) is 1. The summed E-state index contributed by atoms with van der Waals surface area (Å²) in [5, 5.41) is 4.09. The van der Waals surface area contributed by atoms with Crippen molar-refractivity contribution in [1.29, 1.82) is 0 Å². The van der Waals surface area contributed by atoms with E-state index in [0.717, 1.165) is 37.5 Å². The number of amides is 1. The van der Waals surface area contributed by atoms with E-state index in [1.54, 1.807) is 0 Å². The molecular weight excluding hydrogens is 284 g/mol. The van der Waals surface area contributed by atoms with Crippen LogP contribution >= 0.6 is 11.3 Å². The molecule has 116 valence electrons. The molecule has 0 radical (unpaired) electrons. The van der Waals surface area contributed by atoms with Gasteiger partial charge in [0, 0.05) is 18.6 Å². The third-order valence-electron chi connectivity index (χ3n) is 4.84. The standard InChI is InChI=1S/C15H24N4OS/c1-2-15(7-6-8-15)18-13(20)11-12(16)17-14(21-11)19-9-4-3-5-10-19/h2-10,16H2,1H3,(H,18,20). The molecule has 0 aromatic carbocycles. The molecule has 1 aromatic heterocycles. The van der Waals surface area contributed by atoms with Gasteiger partial charge in [0.05, 0.1) is 0 Å². The molecule has 1 saturated carbocycles. The van der Waals surface area contributed by atoms with Gasteiger partial charge in [0.15, 0.2) is 5.13 Å². The van der Waals surface area contributed by atoms with Gasteiger partial charge in [0.25, 0.3) is 5.91 Å². The molecule has 2 heterocycles. The number of hydrogen-bond donors (Lipinski definition) is 2. The Morgan fingerprint density at radius 1 is 1.33 bits per heavy atom. The van der Waals surface area contributed by atoms with E-state index < -0.39 is 0 Å². The number of nitrogens with zero attached hydrogens (tertiary/aromatic N) is 2. The molecule has 0 unspecified atom stereocenters. The highest BCUT2D eigenvalue weighted by molar-refractivity contribution is 7.18. The van der Waals surface area contributed by atoms with Crippen molar-refractivity contribution in [3.05, 3.63) is 4.88 Å². The van der Waals surface area contributed by atoms with Gasteiger partial charge in [-0.3, -0.25) is 4.79 Å². The van der Waals surface area contributed by atoms with Crippen molar-refractivity contribution in [2.24, 2.45) is 0 Å². The van der Waals surface area contributed by atoms with Gasteiger partial charge >= 0.3 is 0 Å². The van der Waals surface area contributed by atoms with Crippen molar-refractivity contribution in [2.75, 3.05) is 23.7 Å². The number of nitrogens with two attached hydrogens (primary N) is 1. The molecule has 5 nitrogen and oxygen atoms in total. The van der Waals surface area contributed by atoms with E-state index in [-0.39, 0.29) is 11.4 Å². The van der Waals surface area contributed by atoms with Crippen LogP contribution in [0.1, 0.15) is 61.5 Å². The summed E-state index contributed by atoms with van der Waals surface area (Å²) < 4.78 is 0. The molecule has 1 aliphatic carbocycles. The van der Waals surface area contributed by atoms with Crippen LogP contribution in [0, 0.1) is 0 Å². The van der Waals surface area contributed by atoms with E-state index in [2.05, 4.69) is 22.1 Å². The maximum Gasteiger partial charge on any atom is 0.265 e. The molecule has 1 aliphatic heterocycles. The van der Waals surface area contributed by atoms with Crippen LogP contribution in [-0.4, -0.2) is 29.5 Å². The van der Waals surface area contributed by atoms with Crippen LogP contribution in [-0.2, 0) is 0 Å². The Bertz CT molecular complexity index is 512. The molecule has 6 heteroatoms. The number of nitrogen functional groups attached to an aromatic ring is 1. The Labute approximate surface area is 129 Å². The molecule has 1 aromatic rings. The van der Waals surface area contributed by atoms with Gasteiger partial charge in [-0.05, 0) is 44.9 Å². The van der Waals surface area contributed by atoms with Crippen LogP contribution in [0.2, 0.25) is 0 Å². The normalized spacial score (nSPS) is 20.9. The van der Waals surface area contributed by atoms with Crippen molar-refractivity contribution in [3.8, 4) is 0 Å². The smallest absolute Gasteiger partial charge is 0.265 e. The van der Waals surface area contributed by atoms with Gasteiger partial charge in [0.2, 0.25) is 0 Å². The molecule has 21 heavy (non-hydrogen) atoms. The van der Waals surface area contributed by atoms with Crippen molar-refractivity contribution >= 4 is 28.2 Å². The topological polar surface area (TPSA) is 71.2 Å². The number of anilines is 2. The van der Waals surface area contributed by atoms with Crippen LogP contribution in [0.25, 0.3) is 0 Å². The molecule has 2 fully saturated rings. The number of carbonyl (C=O) groups excluding carboxylic acids is 1. The summed E-state index contributed by atoms with van der Waals surface area (Å²) in [6.45, 7) is 4.18. The second-order valence-electron chi connectivity index (χ2n) is 6.20. The Morgan fingerprint density at radius 3 is 2.62 bits per heavy atom. The number of aromatic nitrogens is 1. The van der Waals surface area contributed by atoms with Gasteiger partial charge in [-0.1, -0.05) is 18.3 Å². The van der Waals surface area contributed by atoms with Crippen molar-refractivity contribution in [1.82, 2.24) is 10.3 Å². The molecule has 2 aliphatic rings. The minimum Gasteiger partial charge on any atom is -0.382 e. The summed E-state index contributed by atoms with van der Waals surface area (Å²) in [5.41, 5.74) is 5.98.